The van der Waals surface area contributed by atoms with Gasteiger partial charge in [0.05, 0.1) is 6.04 Å². The first-order chi connectivity index (χ1) is 20.7. The van der Waals surface area contributed by atoms with Gasteiger partial charge in [0.15, 0.2) is 11.9 Å². The SMILES string of the molecule is Cc1cc(C)c(N2[CH-]N(c3c(C)cc(C)cc3C)[C@@H]3CNS(=O)(=O)N=C[C@H]32)c(C)c1.[CH2-]c1ccccc1[OH+]C(C)C.[Cl][Ru+2][Cl]. The predicted octanol–water partition coefficient (Wildman–Crippen LogP) is 7.53. The summed E-state index contributed by atoms with van der Waals surface area (Å²) in [5, 5.41) is 0. The van der Waals surface area contributed by atoms with Crippen molar-refractivity contribution in [3.63, 3.8) is 0 Å². The third-order valence-electron chi connectivity index (χ3n) is 7.32. The minimum absolute atomic E-state index is 0.105. The number of aromatic hydroxyl groups is 1. The summed E-state index contributed by atoms with van der Waals surface area (Å²) in [7, 11) is 6.03. The number of halogens is 2. The van der Waals surface area contributed by atoms with E-state index in [2.05, 4.69) is 117 Å². The molecule has 2 aliphatic heterocycles. The van der Waals surface area contributed by atoms with E-state index in [0.717, 1.165) is 33.8 Å². The van der Waals surface area contributed by atoms with Gasteiger partial charge in [-0.3, -0.25) is 0 Å². The van der Waals surface area contributed by atoms with Gasteiger partial charge in [-0.15, -0.1) is 11.6 Å². The zero-order valence-electron chi connectivity index (χ0n) is 26.5. The molecule has 2 atom stereocenters. The van der Waals surface area contributed by atoms with Crippen molar-refractivity contribution in [3.8, 4) is 5.75 Å². The van der Waals surface area contributed by atoms with Crippen LogP contribution in [0.1, 0.15) is 52.8 Å². The van der Waals surface area contributed by atoms with Crippen LogP contribution in [0, 0.1) is 55.1 Å². The number of hydrogen-bond acceptors (Lipinski definition) is 4. The normalized spacial score (nSPS) is 18.5. The second-order valence-corrected chi connectivity index (χ2v) is 15.6. The average Bonchev–Trinajstić information content (AvgIpc) is 3.15. The maximum atomic E-state index is 12.2. The van der Waals surface area contributed by atoms with E-state index in [9.17, 15) is 8.42 Å². The van der Waals surface area contributed by atoms with E-state index in [1.54, 1.807) is 6.21 Å². The maximum absolute atomic E-state index is 12.2. The number of nitrogens with zero attached hydrogens (tertiary/aromatic N) is 3. The second kappa shape index (κ2) is 15.8. The van der Waals surface area contributed by atoms with Gasteiger partial charge in [0.25, 0.3) is 0 Å². The Morgan fingerprint density at radius 3 is 1.89 bits per heavy atom. The van der Waals surface area contributed by atoms with Crippen molar-refractivity contribution in [1.82, 2.24) is 4.72 Å². The van der Waals surface area contributed by atoms with Crippen molar-refractivity contribution in [1.29, 1.82) is 0 Å². The fourth-order valence-electron chi connectivity index (χ4n) is 5.91. The molecule has 5 rings (SSSR count). The van der Waals surface area contributed by atoms with Crippen molar-refractivity contribution >= 4 is 47.2 Å². The summed E-state index contributed by atoms with van der Waals surface area (Å²) in [6.45, 7) is 23.0. The number of rotatable bonds is 4. The van der Waals surface area contributed by atoms with Crippen LogP contribution < -0.4 is 14.5 Å². The summed E-state index contributed by atoms with van der Waals surface area (Å²) in [5.74, 6) is 1.00. The van der Waals surface area contributed by atoms with Crippen molar-refractivity contribution < 1.29 is 28.3 Å². The fourth-order valence-corrected chi connectivity index (χ4v) is 6.65. The molecule has 0 spiro atoms. The van der Waals surface area contributed by atoms with Crippen LogP contribution >= 0.6 is 19.4 Å². The molecule has 0 saturated carbocycles. The molecule has 240 valence electrons. The molecule has 1 fully saturated rings. The van der Waals surface area contributed by atoms with Crippen LogP contribution in [0.2, 0.25) is 0 Å². The molecule has 3 aromatic rings. The van der Waals surface area contributed by atoms with Gasteiger partial charge in [0.2, 0.25) is 0 Å². The molecule has 0 unspecified atom stereocenters. The van der Waals surface area contributed by atoms with Gasteiger partial charge in [-0.05, 0) is 69.9 Å². The van der Waals surface area contributed by atoms with Crippen LogP contribution in [-0.2, 0) is 25.4 Å². The molecule has 3 aromatic carbocycles. The molecule has 2 N–H and O–H groups in total. The summed E-state index contributed by atoms with van der Waals surface area (Å²) < 4.78 is 35.3. The standard InChI is InChI=1S/C23H29N4O2S.C10H13O.2ClH.Ru/c1-14-7-16(3)22(17(4)8-14)26-13-27(23-18(5)9-15(2)10-19(23)6)21-12-25-30(28,29)24-11-20(21)26;1-8(2)11-10-7-5-4-6-9(10)3;;;/h7-11,13,20-21,25H,12H2,1-6H3;4-8H,3H2,1-2H3;2*1H;/q2*-1;;;+4/p-1/t20-,21-;;;;/m1..../s1. The van der Waals surface area contributed by atoms with Gasteiger partial charge in [-0.1, -0.05) is 41.5 Å². The molecule has 0 bridgehead atoms. The molecule has 2 heterocycles. The summed E-state index contributed by atoms with van der Waals surface area (Å²) in [6, 6.07) is 16.3. The zero-order valence-corrected chi connectivity index (χ0v) is 30.6. The molecule has 0 radical (unpaired) electrons. The van der Waals surface area contributed by atoms with E-state index in [1.807, 2.05) is 24.3 Å². The molecular formula is C33H43Cl2N4O3RuS+. The van der Waals surface area contributed by atoms with Crippen molar-refractivity contribution in [2.45, 2.75) is 73.6 Å². The molecule has 44 heavy (non-hydrogen) atoms. The van der Waals surface area contributed by atoms with E-state index in [0.29, 0.717) is 6.10 Å². The zero-order chi connectivity index (χ0) is 32.8. The van der Waals surface area contributed by atoms with Crippen LogP contribution in [0.15, 0.2) is 52.9 Å². The Bertz CT molecular complexity index is 1540. The summed E-state index contributed by atoms with van der Waals surface area (Å²) in [6.07, 6.45) is 1.92. The van der Waals surface area contributed by atoms with Crippen LogP contribution in [0.4, 0.5) is 11.4 Å². The molecule has 1 saturated heterocycles. The number of fused-ring (bicyclic) bond motifs is 1. The fraction of sp³-hybridized carbons (Fsp3) is 0.364. The first kappa shape index (κ1) is 36.2. The van der Waals surface area contributed by atoms with Gasteiger partial charge in [0.1, 0.15) is 0 Å². The van der Waals surface area contributed by atoms with Crippen molar-refractivity contribution in [2.24, 2.45) is 4.40 Å². The molecule has 0 aromatic heterocycles. The van der Waals surface area contributed by atoms with Crippen molar-refractivity contribution in [3.05, 3.63) is 101 Å². The predicted molar refractivity (Wildman–Crippen MR) is 183 cm³/mol. The summed E-state index contributed by atoms with van der Waals surface area (Å²) in [5.41, 5.74) is 10.3. The summed E-state index contributed by atoms with van der Waals surface area (Å²) in [4.78, 5) is 4.40. The third-order valence-corrected chi connectivity index (χ3v) is 8.26. The van der Waals surface area contributed by atoms with E-state index >= 15 is 0 Å². The monoisotopic (exact) mass is 747 g/mol. The first-order valence-corrected chi connectivity index (χ1v) is 20.2. The number of hydrogen-bond donors (Lipinski definition) is 1. The van der Waals surface area contributed by atoms with E-state index in [-0.39, 0.29) is 33.8 Å². The number of nitrogens with one attached hydrogen (secondary N) is 1. The third kappa shape index (κ3) is 9.14. The van der Waals surface area contributed by atoms with E-state index in [1.165, 1.54) is 22.3 Å². The molecule has 0 amide bonds. The van der Waals surface area contributed by atoms with Gasteiger partial charge in [-0.25, -0.2) is 0 Å². The Labute approximate surface area is 279 Å². The van der Waals surface area contributed by atoms with Crippen LogP contribution in [-0.4, -0.2) is 44.1 Å². The Kier molecular flexibility index (Phi) is 13.0. The molecule has 11 heteroatoms. The average molecular weight is 748 g/mol. The molecule has 7 nitrogen and oxygen atoms in total. The Morgan fingerprint density at radius 2 is 1.41 bits per heavy atom. The molecule has 2 aliphatic rings. The van der Waals surface area contributed by atoms with Gasteiger partial charge >= 0.3 is 44.7 Å². The number of aryl methyl sites for hydroxylation is 6. The van der Waals surface area contributed by atoms with E-state index < -0.39 is 10.2 Å². The van der Waals surface area contributed by atoms with E-state index in [4.69, 9.17) is 19.4 Å². The second-order valence-electron chi connectivity index (χ2n) is 11.5. The van der Waals surface area contributed by atoms with Gasteiger partial charge in [0, 0.05) is 44.0 Å². The first-order valence-electron chi connectivity index (χ1n) is 14.3. The number of aliphatic hydroxyl groups is 1. The Balaban J connectivity index is 0.000000315. The molecular weight excluding hydrogens is 704 g/mol. The van der Waals surface area contributed by atoms with Crippen LogP contribution in [0.5, 0.6) is 5.75 Å². The Hall–Kier alpha value is -2.29. The van der Waals surface area contributed by atoms with Gasteiger partial charge in [-0.2, -0.15) is 37.2 Å². The number of para-hydroxylation sites is 1. The van der Waals surface area contributed by atoms with Gasteiger partial charge < -0.3 is 14.5 Å². The minimum atomic E-state index is -3.67. The number of ether oxygens (including phenoxy) is 1. The molecule has 0 aliphatic carbocycles. The number of benzene rings is 3. The van der Waals surface area contributed by atoms with Crippen molar-refractivity contribution in [2.75, 3.05) is 16.3 Å². The quantitative estimate of drug-likeness (QED) is 0.170. The summed E-state index contributed by atoms with van der Waals surface area (Å²) >= 11 is -0.346. The number of anilines is 2. The van der Waals surface area contributed by atoms with Crippen LogP contribution in [0.3, 0.4) is 0 Å². The van der Waals surface area contributed by atoms with Crippen LogP contribution in [0.25, 0.3) is 0 Å². The Morgan fingerprint density at radius 1 is 0.932 bits per heavy atom. The topological polar surface area (TPSA) is 77.8 Å².